The highest BCUT2D eigenvalue weighted by atomic mass is 32.1. The van der Waals surface area contributed by atoms with Crippen molar-refractivity contribution in [3.8, 4) is 10.6 Å². The first-order valence-electron chi connectivity index (χ1n) is 9.25. The predicted molar refractivity (Wildman–Crippen MR) is 119 cm³/mol. The summed E-state index contributed by atoms with van der Waals surface area (Å²) in [6.07, 6.45) is 4.94. The van der Waals surface area contributed by atoms with Gasteiger partial charge < -0.3 is 10.6 Å². The molecule has 0 aliphatic heterocycles. The zero-order valence-electron chi connectivity index (χ0n) is 16.1. The van der Waals surface area contributed by atoms with Crippen LogP contribution in [0.1, 0.15) is 25.6 Å². The van der Waals surface area contributed by atoms with Gasteiger partial charge in [-0.2, -0.15) is 0 Å². The third-order valence-corrected chi connectivity index (χ3v) is 5.51. The molecule has 148 valence electrons. The fourth-order valence-electron chi connectivity index (χ4n) is 2.88. The van der Waals surface area contributed by atoms with Crippen molar-refractivity contribution in [1.82, 2.24) is 9.97 Å². The number of nitrogens with zero attached hydrogens (tertiary/aromatic N) is 2. The Morgan fingerprint density at radius 1 is 0.867 bits per heavy atom. The number of hydrogen-bond donors (Lipinski definition) is 2. The van der Waals surface area contributed by atoms with E-state index in [-0.39, 0.29) is 11.8 Å². The zero-order valence-corrected chi connectivity index (χ0v) is 16.9. The van der Waals surface area contributed by atoms with Gasteiger partial charge in [0.2, 0.25) is 0 Å². The zero-order chi connectivity index (χ0) is 20.9. The van der Waals surface area contributed by atoms with E-state index in [4.69, 9.17) is 0 Å². The molecule has 0 atom stereocenters. The number of benzene rings is 1. The molecule has 3 heterocycles. The van der Waals surface area contributed by atoms with Crippen molar-refractivity contribution in [3.05, 3.63) is 95.3 Å². The largest absolute Gasteiger partial charge is 0.321 e. The summed E-state index contributed by atoms with van der Waals surface area (Å²) in [5.41, 5.74) is 3.28. The molecule has 2 N–H and O–H groups in total. The Morgan fingerprint density at radius 3 is 2.50 bits per heavy atom. The van der Waals surface area contributed by atoms with E-state index in [0.29, 0.717) is 21.8 Å². The third-order valence-electron chi connectivity index (χ3n) is 4.41. The molecule has 4 rings (SSSR count). The van der Waals surface area contributed by atoms with Crippen LogP contribution in [0.25, 0.3) is 10.6 Å². The highest BCUT2D eigenvalue weighted by molar-refractivity contribution is 7.17. The van der Waals surface area contributed by atoms with Crippen molar-refractivity contribution in [2.75, 3.05) is 10.6 Å². The number of amides is 2. The van der Waals surface area contributed by atoms with Gasteiger partial charge in [0.25, 0.3) is 11.8 Å². The van der Waals surface area contributed by atoms with E-state index < -0.39 is 0 Å². The summed E-state index contributed by atoms with van der Waals surface area (Å²) >= 11 is 1.37. The van der Waals surface area contributed by atoms with E-state index in [2.05, 4.69) is 20.6 Å². The Labute approximate surface area is 177 Å². The summed E-state index contributed by atoms with van der Waals surface area (Å²) in [5.74, 6) is -0.491. The maximum absolute atomic E-state index is 12.7. The van der Waals surface area contributed by atoms with Gasteiger partial charge in [-0.25, -0.2) is 0 Å². The van der Waals surface area contributed by atoms with Crippen LogP contribution in [-0.2, 0) is 0 Å². The van der Waals surface area contributed by atoms with Crippen molar-refractivity contribution >= 4 is 34.5 Å². The van der Waals surface area contributed by atoms with Gasteiger partial charge in [-0.1, -0.05) is 12.1 Å². The third kappa shape index (κ3) is 4.42. The molecule has 0 saturated heterocycles. The van der Waals surface area contributed by atoms with E-state index in [9.17, 15) is 9.59 Å². The van der Waals surface area contributed by atoms with E-state index in [1.807, 2.05) is 37.3 Å². The molecule has 0 spiro atoms. The number of hydrogen-bond acceptors (Lipinski definition) is 5. The maximum Gasteiger partial charge on any atom is 0.265 e. The average molecular weight is 414 g/mol. The number of pyridine rings is 2. The SMILES string of the molecule is Cc1ccc(NC(=O)c2ccc(-c3ccccn3)s2)cc1C(=O)Nc1cccnc1. The Balaban J connectivity index is 1.50. The molecule has 3 aromatic heterocycles. The molecule has 4 aromatic rings. The maximum atomic E-state index is 12.7. The molecular weight excluding hydrogens is 396 g/mol. The minimum atomic E-state index is -0.259. The number of carbonyl (C=O) groups is 2. The first-order chi connectivity index (χ1) is 14.6. The smallest absolute Gasteiger partial charge is 0.265 e. The predicted octanol–water partition coefficient (Wildman–Crippen LogP) is 5.02. The van der Waals surface area contributed by atoms with Gasteiger partial charge in [-0.05, 0) is 61.0 Å². The first-order valence-corrected chi connectivity index (χ1v) is 10.1. The first kappa shape index (κ1) is 19.5. The molecule has 0 aliphatic rings. The molecule has 6 nitrogen and oxygen atoms in total. The van der Waals surface area contributed by atoms with E-state index in [1.165, 1.54) is 11.3 Å². The topological polar surface area (TPSA) is 84.0 Å². The Morgan fingerprint density at radius 2 is 1.73 bits per heavy atom. The van der Waals surface area contributed by atoms with Gasteiger partial charge in [0, 0.05) is 23.6 Å². The van der Waals surface area contributed by atoms with Gasteiger partial charge in [0.15, 0.2) is 0 Å². The number of aromatic nitrogens is 2. The number of aryl methyl sites for hydroxylation is 1. The van der Waals surface area contributed by atoms with Crippen molar-refractivity contribution in [1.29, 1.82) is 0 Å². The molecule has 0 unspecified atom stereocenters. The van der Waals surface area contributed by atoms with Gasteiger partial charge in [0.05, 0.1) is 27.3 Å². The lowest BCUT2D eigenvalue weighted by molar-refractivity contribution is 0.101. The molecule has 1 aromatic carbocycles. The minimum Gasteiger partial charge on any atom is -0.321 e. The fraction of sp³-hybridized carbons (Fsp3) is 0.0435. The van der Waals surface area contributed by atoms with Crippen LogP contribution in [-0.4, -0.2) is 21.8 Å². The summed E-state index contributed by atoms with van der Waals surface area (Å²) < 4.78 is 0. The highest BCUT2D eigenvalue weighted by Crippen LogP contribution is 2.27. The van der Waals surface area contributed by atoms with Gasteiger partial charge >= 0.3 is 0 Å². The molecule has 30 heavy (non-hydrogen) atoms. The lowest BCUT2D eigenvalue weighted by atomic mass is 10.1. The number of rotatable bonds is 5. The number of nitrogens with one attached hydrogen (secondary N) is 2. The normalized spacial score (nSPS) is 10.4. The summed E-state index contributed by atoms with van der Waals surface area (Å²) in [6.45, 7) is 1.85. The van der Waals surface area contributed by atoms with E-state index >= 15 is 0 Å². The van der Waals surface area contributed by atoms with Crippen LogP contribution < -0.4 is 10.6 Å². The summed E-state index contributed by atoms with van der Waals surface area (Å²) in [6, 6.07) is 18.1. The van der Waals surface area contributed by atoms with Crippen LogP contribution >= 0.6 is 11.3 Å². The number of thiophene rings is 1. The van der Waals surface area contributed by atoms with Crippen molar-refractivity contribution < 1.29 is 9.59 Å². The monoisotopic (exact) mass is 414 g/mol. The average Bonchev–Trinajstić information content (AvgIpc) is 3.27. The van der Waals surface area contributed by atoms with Gasteiger partial charge in [-0.3, -0.25) is 19.6 Å². The summed E-state index contributed by atoms with van der Waals surface area (Å²) in [4.78, 5) is 35.1. The Hall–Kier alpha value is -3.84. The van der Waals surface area contributed by atoms with Crippen LogP contribution in [0.3, 0.4) is 0 Å². The number of anilines is 2. The summed E-state index contributed by atoms with van der Waals surface area (Å²) in [5, 5.41) is 5.68. The molecule has 0 saturated carbocycles. The minimum absolute atomic E-state index is 0.232. The molecule has 0 radical (unpaired) electrons. The Kier molecular flexibility index (Phi) is 5.63. The van der Waals surface area contributed by atoms with E-state index in [0.717, 1.165) is 16.1 Å². The summed E-state index contributed by atoms with van der Waals surface area (Å²) in [7, 11) is 0. The van der Waals surface area contributed by atoms with Gasteiger partial charge in [0.1, 0.15) is 0 Å². The Bertz CT molecular complexity index is 1190. The van der Waals surface area contributed by atoms with Gasteiger partial charge in [-0.15, -0.1) is 11.3 Å². The molecule has 7 heteroatoms. The van der Waals surface area contributed by atoms with Crippen LogP contribution in [0.5, 0.6) is 0 Å². The second-order valence-electron chi connectivity index (χ2n) is 6.56. The van der Waals surface area contributed by atoms with Crippen LogP contribution in [0.2, 0.25) is 0 Å². The van der Waals surface area contributed by atoms with Crippen molar-refractivity contribution in [2.24, 2.45) is 0 Å². The lowest BCUT2D eigenvalue weighted by Gasteiger charge is -2.10. The van der Waals surface area contributed by atoms with E-state index in [1.54, 1.807) is 48.9 Å². The number of carbonyl (C=O) groups excluding carboxylic acids is 2. The molecule has 0 bridgehead atoms. The fourth-order valence-corrected chi connectivity index (χ4v) is 3.76. The lowest BCUT2D eigenvalue weighted by Crippen LogP contribution is -2.15. The van der Waals surface area contributed by atoms with Crippen LogP contribution in [0, 0.1) is 6.92 Å². The standard InChI is InChI=1S/C23H18N4O2S/c1-15-7-8-16(13-18(15)22(28)27-17-5-4-11-24-14-17)26-23(29)21-10-9-20(30-21)19-6-2-3-12-25-19/h2-14H,1H3,(H,26,29)(H,27,28). The second-order valence-corrected chi connectivity index (χ2v) is 7.64. The second kappa shape index (κ2) is 8.67. The quantitative estimate of drug-likeness (QED) is 0.480. The van der Waals surface area contributed by atoms with Crippen molar-refractivity contribution in [3.63, 3.8) is 0 Å². The molecule has 0 fully saturated rings. The van der Waals surface area contributed by atoms with Crippen LogP contribution in [0.4, 0.5) is 11.4 Å². The van der Waals surface area contributed by atoms with Crippen LogP contribution in [0.15, 0.2) is 79.3 Å². The molecule has 2 amide bonds. The highest BCUT2D eigenvalue weighted by Gasteiger charge is 2.14. The molecular formula is C23H18N4O2S. The molecule has 0 aliphatic carbocycles. The van der Waals surface area contributed by atoms with Crippen molar-refractivity contribution in [2.45, 2.75) is 6.92 Å².